The molecule has 2 aromatic carbocycles. The molecule has 0 radical (unpaired) electrons. The van der Waals surface area contributed by atoms with Crippen LogP contribution in [0.4, 0.5) is 0 Å². The van der Waals surface area contributed by atoms with E-state index in [0.29, 0.717) is 0 Å². The number of benzene rings is 2. The zero-order valence-corrected chi connectivity index (χ0v) is 22.8. The highest BCUT2D eigenvalue weighted by Crippen LogP contribution is 2.46. The van der Waals surface area contributed by atoms with E-state index in [1.165, 1.54) is 27.9 Å². The number of para-hydroxylation sites is 1. The Bertz CT molecular complexity index is 1100. The Kier molecular flexibility index (Phi) is 11.9. The SMILES string of the molecule is COC(=O)C(C)NP(=O)(OCC(C)(C)C(O)C(=O)NCCC(=O)OCc1ccccc1)Oc1ccccc1. The lowest BCUT2D eigenvalue weighted by atomic mass is 9.87. The van der Waals surface area contributed by atoms with E-state index in [0.717, 1.165) is 5.56 Å². The van der Waals surface area contributed by atoms with Gasteiger partial charge in [-0.1, -0.05) is 62.4 Å². The quantitative estimate of drug-likeness (QED) is 0.223. The molecule has 0 saturated carbocycles. The molecule has 2 rings (SSSR count). The third kappa shape index (κ3) is 10.3. The average molecular weight is 551 g/mol. The lowest BCUT2D eigenvalue weighted by Crippen LogP contribution is -2.46. The van der Waals surface area contributed by atoms with Crippen LogP contribution in [0.5, 0.6) is 5.75 Å². The molecule has 0 aliphatic rings. The second kappa shape index (κ2) is 14.6. The Balaban J connectivity index is 1.91. The van der Waals surface area contributed by atoms with E-state index in [1.54, 1.807) is 30.3 Å². The topological polar surface area (TPSA) is 149 Å². The van der Waals surface area contributed by atoms with E-state index in [2.05, 4.69) is 15.1 Å². The monoisotopic (exact) mass is 550 g/mol. The van der Waals surface area contributed by atoms with Gasteiger partial charge in [-0.2, -0.15) is 5.09 Å². The van der Waals surface area contributed by atoms with Gasteiger partial charge in [-0.15, -0.1) is 0 Å². The molecular weight excluding hydrogens is 515 g/mol. The van der Waals surface area contributed by atoms with Crippen LogP contribution in [-0.4, -0.2) is 55.4 Å². The van der Waals surface area contributed by atoms with Crippen molar-refractivity contribution in [1.82, 2.24) is 10.4 Å². The third-order valence-corrected chi connectivity index (χ3v) is 6.97. The molecule has 0 bridgehead atoms. The van der Waals surface area contributed by atoms with Gasteiger partial charge in [-0.3, -0.25) is 18.9 Å². The largest absolute Gasteiger partial charge is 0.468 e. The zero-order chi connectivity index (χ0) is 28.2. The zero-order valence-electron chi connectivity index (χ0n) is 21.9. The summed E-state index contributed by atoms with van der Waals surface area (Å²) >= 11 is 0. The number of rotatable bonds is 15. The molecule has 0 saturated heterocycles. The summed E-state index contributed by atoms with van der Waals surface area (Å²) in [5, 5.41) is 15.6. The molecule has 2 aromatic rings. The predicted octanol–water partition coefficient (Wildman–Crippen LogP) is 2.98. The van der Waals surface area contributed by atoms with Gasteiger partial charge in [-0.05, 0) is 24.6 Å². The summed E-state index contributed by atoms with van der Waals surface area (Å²) in [5.74, 6) is -1.72. The summed E-state index contributed by atoms with van der Waals surface area (Å²) < 4.78 is 34.4. The van der Waals surface area contributed by atoms with Gasteiger partial charge < -0.3 is 24.4 Å². The lowest BCUT2D eigenvalue weighted by Gasteiger charge is -2.31. The van der Waals surface area contributed by atoms with E-state index < -0.39 is 43.2 Å². The van der Waals surface area contributed by atoms with E-state index in [-0.39, 0.29) is 31.9 Å². The lowest BCUT2D eigenvalue weighted by molar-refractivity contribution is -0.145. The van der Waals surface area contributed by atoms with E-state index in [4.69, 9.17) is 13.8 Å². The Morgan fingerprint density at radius 2 is 1.63 bits per heavy atom. The molecule has 3 atom stereocenters. The van der Waals surface area contributed by atoms with Gasteiger partial charge >= 0.3 is 19.7 Å². The first-order valence-corrected chi connectivity index (χ1v) is 13.5. The molecule has 0 spiro atoms. The van der Waals surface area contributed by atoms with Crippen molar-refractivity contribution in [2.75, 3.05) is 20.3 Å². The number of ether oxygens (including phenoxy) is 2. The van der Waals surface area contributed by atoms with Crippen LogP contribution < -0.4 is 14.9 Å². The van der Waals surface area contributed by atoms with Crippen LogP contribution in [0.1, 0.15) is 32.8 Å². The second-order valence-electron chi connectivity index (χ2n) is 9.13. The van der Waals surface area contributed by atoms with Gasteiger partial charge in [-0.25, -0.2) is 4.57 Å². The fraction of sp³-hybridized carbons (Fsp3) is 0.423. The maximum atomic E-state index is 13.5. The maximum absolute atomic E-state index is 13.5. The molecule has 0 aliphatic carbocycles. The Labute approximate surface area is 222 Å². The van der Waals surface area contributed by atoms with Crippen molar-refractivity contribution in [1.29, 1.82) is 0 Å². The van der Waals surface area contributed by atoms with E-state index >= 15 is 0 Å². The molecule has 0 aromatic heterocycles. The fourth-order valence-corrected chi connectivity index (χ4v) is 4.72. The Morgan fingerprint density at radius 1 is 1.03 bits per heavy atom. The van der Waals surface area contributed by atoms with Gasteiger partial charge in [0, 0.05) is 12.0 Å². The number of aliphatic hydroxyl groups excluding tert-OH is 1. The first-order valence-electron chi connectivity index (χ1n) is 12.0. The number of amides is 1. The standard InChI is InChI=1S/C26H35N2O9P/c1-19(25(32)34-4)28-38(33,37-21-13-9-6-10-14-21)36-18-26(2,3)23(30)24(31)27-16-15-22(29)35-17-20-11-7-5-8-12-20/h5-14,19,23,30H,15-18H2,1-4H3,(H,27,31)(H,28,33). The Morgan fingerprint density at radius 3 is 2.24 bits per heavy atom. The van der Waals surface area contributed by atoms with Crippen LogP contribution in [0.15, 0.2) is 60.7 Å². The summed E-state index contributed by atoms with van der Waals surface area (Å²) in [4.78, 5) is 36.3. The molecule has 1 amide bonds. The predicted molar refractivity (Wildman–Crippen MR) is 139 cm³/mol. The van der Waals surface area contributed by atoms with Gasteiger partial charge in [0.15, 0.2) is 0 Å². The molecule has 12 heteroatoms. The number of aliphatic hydroxyl groups is 1. The number of hydrogen-bond acceptors (Lipinski definition) is 9. The van der Waals surface area contributed by atoms with Crippen LogP contribution in [0.25, 0.3) is 0 Å². The first kappa shape index (κ1) is 31.0. The van der Waals surface area contributed by atoms with Gasteiger partial charge in [0.2, 0.25) is 5.91 Å². The van der Waals surface area contributed by atoms with Gasteiger partial charge in [0.1, 0.15) is 24.5 Å². The number of carbonyl (C=O) groups excluding carboxylic acids is 3. The van der Waals surface area contributed by atoms with Crippen molar-refractivity contribution in [2.24, 2.45) is 5.41 Å². The van der Waals surface area contributed by atoms with Crippen molar-refractivity contribution in [3.8, 4) is 5.75 Å². The van der Waals surface area contributed by atoms with Crippen LogP contribution in [0.2, 0.25) is 0 Å². The summed E-state index contributed by atoms with van der Waals surface area (Å²) in [7, 11) is -2.97. The molecule has 3 unspecified atom stereocenters. The van der Waals surface area contributed by atoms with Crippen LogP contribution in [0.3, 0.4) is 0 Å². The minimum atomic E-state index is -4.15. The normalized spacial score (nSPS) is 14.4. The average Bonchev–Trinajstić information content (AvgIpc) is 2.91. The molecule has 3 N–H and O–H groups in total. The summed E-state index contributed by atoms with van der Waals surface area (Å²) in [6, 6.07) is 16.3. The molecule has 208 valence electrons. The van der Waals surface area contributed by atoms with Crippen LogP contribution >= 0.6 is 7.75 Å². The van der Waals surface area contributed by atoms with Crippen molar-refractivity contribution in [2.45, 2.75) is 45.9 Å². The maximum Gasteiger partial charge on any atom is 0.459 e. The van der Waals surface area contributed by atoms with Crippen molar-refractivity contribution < 1.29 is 42.6 Å². The number of esters is 2. The third-order valence-electron chi connectivity index (χ3n) is 5.34. The molecule has 11 nitrogen and oxygen atoms in total. The second-order valence-corrected chi connectivity index (χ2v) is 10.8. The van der Waals surface area contributed by atoms with Crippen LogP contribution in [0, 0.1) is 5.41 Å². The Hall–Kier alpha value is -3.24. The van der Waals surface area contributed by atoms with Crippen molar-refractivity contribution in [3.05, 3.63) is 66.2 Å². The van der Waals surface area contributed by atoms with Crippen LogP contribution in [-0.2, 0) is 39.6 Å². The molecule has 0 fully saturated rings. The molecular formula is C26H35N2O9P. The summed E-state index contributed by atoms with van der Waals surface area (Å²) in [5.41, 5.74) is -0.393. The van der Waals surface area contributed by atoms with Gasteiger partial charge in [0.25, 0.3) is 0 Å². The van der Waals surface area contributed by atoms with E-state index in [1.807, 2.05) is 30.3 Å². The molecule has 0 heterocycles. The highest BCUT2D eigenvalue weighted by Gasteiger charge is 2.39. The fourth-order valence-electron chi connectivity index (χ4n) is 3.06. The molecule has 38 heavy (non-hydrogen) atoms. The van der Waals surface area contributed by atoms with Crippen molar-refractivity contribution >= 4 is 25.6 Å². The van der Waals surface area contributed by atoms with E-state index in [9.17, 15) is 24.1 Å². The van der Waals surface area contributed by atoms with Gasteiger partial charge in [0.05, 0.1) is 20.1 Å². The smallest absolute Gasteiger partial charge is 0.459 e. The number of nitrogens with one attached hydrogen (secondary N) is 2. The molecule has 0 aliphatic heterocycles. The van der Waals surface area contributed by atoms with Crippen molar-refractivity contribution in [3.63, 3.8) is 0 Å². The summed E-state index contributed by atoms with van der Waals surface area (Å²) in [6.45, 7) is 4.17. The number of carbonyl (C=O) groups is 3. The summed E-state index contributed by atoms with van der Waals surface area (Å²) in [6.07, 6.45) is -1.66. The minimum absolute atomic E-state index is 0.0474. The minimum Gasteiger partial charge on any atom is -0.468 e. The number of methoxy groups -OCH3 is 1. The highest BCUT2D eigenvalue weighted by molar-refractivity contribution is 7.52. The first-order chi connectivity index (χ1) is 18.0. The number of hydrogen-bond donors (Lipinski definition) is 3. The highest BCUT2D eigenvalue weighted by atomic mass is 31.2.